The highest BCUT2D eigenvalue weighted by atomic mass is 35.5. The Labute approximate surface area is 195 Å². The molecular weight excluding hydrogens is 520 g/mol. The summed E-state index contributed by atoms with van der Waals surface area (Å²) >= 11 is 5.90. The Balaban J connectivity index is 2.20. The summed E-state index contributed by atoms with van der Waals surface area (Å²) in [4.78, 5) is 43.1. The van der Waals surface area contributed by atoms with Gasteiger partial charge in [0.15, 0.2) is 17.0 Å². The van der Waals surface area contributed by atoms with E-state index in [9.17, 15) is 40.7 Å². The van der Waals surface area contributed by atoms with Crippen LogP contribution < -0.4 is 11.4 Å². The largest absolute Gasteiger partial charge is 0.458 e. The number of aromatic nitrogens is 4. The maximum Gasteiger partial charge on any atom is 0.428 e. The van der Waals surface area contributed by atoms with Gasteiger partial charge in [-0.05, 0) is 0 Å². The molecule has 0 radical (unpaired) electrons. The Morgan fingerprint density at radius 1 is 1.20 bits per heavy atom. The van der Waals surface area contributed by atoms with Crippen LogP contribution in [0.3, 0.4) is 0 Å². The summed E-state index contributed by atoms with van der Waals surface area (Å²) in [5.74, 6) is -2.89. The second-order valence-corrected chi connectivity index (χ2v) is 7.78. The van der Waals surface area contributed by atoms with Gasteiger partial charge in [-0.1, -0.05) is 11.6 Å². The van der Waals surface area contributed by atoms with Crippen molar-refractivity contribution in [3.8, 4) is 0 Å². The van der Waals surface area contributed by atoms with Crippen LogP contribution in [0.4, 0.5) is 32.3 Å². The van der Waals surface area contributed by atoms with Gasteiger partial charge in [0.2, 0.25) is 12.1 Å². The number of esters is 2. The smallest absolute Gasteiger partial charge is 0.428 e. The number of ether oxygens (including phenoxy) is 3. The van der Waals surface area contributed by atoms with Crippen molar-refractivity contribution in [2.45, 2.75) is 63.7 Å². The van der Waals surface area contributed by atoms with Gasteiger partial charge in [-0.3, -0.25) is 14.2 Å². The molecule has 0 spiro atoms. The van der Waals surface area contributed by atoms with Crippen molar-refractivity contribution < 1.29 is 50.1 Å². The van der Waals surface area contributed by atoms with Crippen LogP contribution in [-0.2, 0) is 30.3 Å². The molecule has 0 saturated carbocycles. The zero-order valence-electron chi connectivity index (χ0n) is 17.7. The minimum absolute atomic E-state index is 0.131. The molecule has 3 heterocycles. The second-order valence-electron chi connectivity index (χ2n) is 7.42. The molecule has 35 heavy (non-hydrogen) atoms. The minimum atomic E-state index is -5.14. The number of hydrogen-bond donors (Lipinski definition) is 1. The van der Waals surface area contributed by atoms with Gasteiger partial charge in [0.1, 0.15) is 24.3 Å². The first-order valence-electron chi connectivity index (χ1n) is 9.56. The minimum Gasteiger partial charge on any atom is -0.458 e. The van der Waals surface area contributed by atoms with Crippen molar-refractivity contribution in [2.24, 2.45) is 0 Å². The number of nitrogens with two attached hydrogens (primary N) is 1. The van der Waals surface area contributed by atoms with Gasteiger partial charge < -0.3 is 19.9 Å². The van der Waals surface area contributed by atoms with E-state index in [0.717, 1.165) is 6.92 Å². The number of nitrogens with zero attached hydrogens (tertiary/aromatic N) is 4. The van der Waals surface area contributed by atoms with Crippen LogP contribution in [0.5, 0.6) is 0 Å². The van der Waals surface area contributed by atoms with Gasteiger partial charge in [0.05, 0.1) is 0 Å². The quantitative estimate of drug-likeness (QED) is 0.346. The fourth-order valence-electron chi connectivity index (χ4n) is 3.65. The lowest BCUT2D eigenvalue weighted by Crippen LogP contribution is -2.43. The van der Waals surface area contributed by atoms with E-state index in [2.05, 4.69) is 14.7 Å². The summed E-state index contributed by atoms with van der Waals surface area (Å²) in [6.45, 7) is -0.245. The van der Waals surface area contributed by atoms with E-state index in [1.54, 1.807) is 0 Å². The Kier molecular flexibility index (Phi) is 6.95. The van der Waals surface area contributed by atoms with Crippen LogP contribution >= 0.6 is 11.6 Å². The Morgan fingerprint density at radius 3 is 2.34 bits per heavy atom. The van der Waals surface area contributed by atoms with Gasteiger partial charge in [-0.25, -0.2) is 9.36 Å². The summed E-state index contributed by atoms with van der Waals surface area (Å²) in [6.07, 6.45) is -19.2. The number of fused-ring (bicyclic) bond motifs is 1. The lowest BCUT2D eigenvalue weighted by Gasteiger charge is -2.25. The molecule has 1 aliphatic heterocycles. The summed E-state index contributed by atoms with van der Waals surface area (Å²) in [7, 11) is 0. The monoisotopic (exact) mass is 535 g/mol. The van der Waals surface area contributed by atoms with E-state index in [0.29, 0.717) is 11.5 Å². The average molecular weight is 536 g/mol. The van der Waals surface area contributed by atoms with Crippen molar-refractivity contribution in [3.63, 3.8) is 0 Å². The van der Waals surface area contributed by atoms with Crippen molar-refractivity contribution in [1.29, 1.82) is 0 Å². The van der Waals surface area contributed by atoms with Crippen LogP contribution in [0.15, 0.2) is 4.79 Å². The van der Waals surface area contributed by atoms with Gasteiger partial charge >= 0.3 is 30.0 Å². The molecule has 194 valence electrons. The zero-order chi connectivity index (χ0) is 26.5. The Bertz CT molecular complexity index is 1210. The van der Waals surface area contributed by atoms with Crippen molar-refractivity contribution in [1.82, 2.24) is 19.1 Å². The summed E-state index contributed by atoms with van der Waals surface area (Å²) < 4.78 is 95.4. The predicted octanol–water partition coefficient (Wildman–Crippen LogP) is 2.10. The Morgan fingerprint density at radius 2 is 1.83 bits per heavy atom. The molecule has 11 nitrogen and oxygen atoms in total. The first-order valence-corrected chi connectivity index (χ1v) is 9.94. The molecule has 2 N–H and O–H groups in total. The fraction of sp³-hybridized carbons (Fsp3) is 0.588. The molecule has 4 atom stereocenters. The number of anilines is 1. The maximum absolute atomic E-state index is 13.6. The highest BCUT2D eigenvalue weighted by molar-refractivity contribution is 6.33. The molecule has 0 aliphatic carbocycles. The molecule has 2 aromatic heterocycles. The lowest BCUT2D eigenvalue weighted by atomic mass is 10.1. The highest BCUT2D eigenvalue weighted by Crippen LogP contribution is 2.40. The van der Waals surface area contributed by atoms with Crippen molar-refractivity contribution >= 4 is 40.7 Å². The highest BCUT2D eigenvalue weighted by Gasteiger charge is 2.54. The molecule has 3 rings (SSSR count). The van der Waals surface area contributed by atoms with Crippen LogP contribution in [-0.4, -0.2) is 61.7 Å². The molecule has 3 unspecified atom stereocenters. The van der Waals surface area contributed by atoms with Gasteiger partial charge in [-0.2, -0.15) is 36.3 Å². The van der Waals surface area contributed by atoms with E-state index in [4.69, 9.17) is 26.8 Å². The van der Waals surface area contributed by atoms with E-state index < -0.39 is 89.8 Å². The van der Waals surface area contributed by atoms with Gasteiger partial charge in [-0.15, -0.1) is 0 Å². The Hall–Kier alpha value is -3.08. The fourth-order valence-corrected chi connectivity index (χ4v) is 3.92. The van der Waals surface area contributed by atoms with E-state index >= 15 is 0 Å². The summed E-state index contributed by atoms with van der Waals surface area (Å²) in [5.41, 5.74) is 2.79. The van der Waals surface area contributed by atoms with E-state index in [1.807, 2.05) is 0 Å². The molecule has 1 fully saturated rings. The third-order valence-electron chi connectivity index (χ3n) is 4.73. The molecule has 0 bridgehead atoms. The van der Waals surface area contributed by atoms with Crippen molar-refractivity contribution in [2.75, 3.05) is 5.73 Å². The second kappa shape index (κ2) is 9.18. The zero-order valence-corrected chi connectivity index (χ0v) is 18.4. The SMILES string of the molecule is CC(=O)OC1CC([C@@H](OC(C)=O)C(F)(F)F)OC1n1c(=O)n(CC(F)(F)F)c2c(Cl)nc(N)nc21. The molecule has 1 saturated heterocycles. The molecule has 0 aromatic carbocycles. The number of alkyl halides is 6. The normalized spacial score (nSPS) is 21.8. The van der Waals surface area contributed by atoms with Crippen LogP contribution in [0.2, 0.25) is 5.15 Å². The summed E-state index contributed by atoms with van der Waals surface area (Å²) in [5, 5.41) is -0.653. The van der Waals surface area contributed by atoms with Gasteiger partial charge in [0.25, 0.3) is 0 Å². The first-order chi connectivity index (χ1) is 16.0. The standard InChI is InChI=1S/C17H16ClF6N5O6/c1-5(30)33-8-3-7(10(17(22,23)24)34-6(2)31)35-13(8)29-12-9(11(18)26-14(25)27-12)28(15(29)32)4-16(19,20)21/h7-8,10,13H,3-4H2,1-2H3,(H2,25,26,27)/t7?,8?,10-,13?/m1/s1. The number of imidazole rings is 1. The molecular formula is C17H16ClF6N5O6. The third-order valence-corrected chi connectivity index (χ3v) is 5.00. The molecule has 1 aliphatic rings. The number of hydrogen-bond acceptors (Lipinski definition) is 9. The van der Waals surface area contributed by atoms with Crippen LogP contribution in [0, 0.1) is 0 Å². The topological polar surface area (TPSA) is 141 Å². The lowest BCUT2D eigenvalue weighted by molar-refractivity contribution is -0.248. The molecule has 2 aromatic rings. The number of halogens is 7. The number of nitrogen functional groups attached to an aromatic ring is 1. The predicted molar refractivity (Wildman–Crippen MR) is 103 cm³/mol. The number of carbonyl (C=O) groups is 2. The van der Waals surface area contributed by atoms with Crippen LogP contribution in [0.1, 0.15) is 26.5 Å². The first kappa shape index (κ1) is 26.5. The summed E-state index contributed by atoms with van der Waals surface area (Å²) in [6, 6.07) is 0. The molecule has 18 heteroatoms. The van der Waals surface area contributed by atoms with E-state index in [1.165, 1.54) is 0 Å². The average Bonchev–Trinajstić information content (AvgIpc) is 3.15. The van der Waals surface area contributed by atoms with Crippen molar-refractivity contribution in [3.05, 3.63) is 15.6 Å². The van der Waals surface area contributed by atoms with E-state index in [-0.39, 0.29) is 4.57 Å². The number of rotatable bonds is 5. The maximum atomic E-state index is 13.6. The van der Waals surface area contributed by atoms with Crippen LogP contribution in [0.25, 0.3) is 11.2 Å². The molecule has 0 amide bonds. The van der Waals surface area contributed by atoms with Gasteiger partial charge in [0, 0.05) is 20.3 Å². The number of carbonyl (C=O) groups excluding carboxylic acids is 2. The third kappa shape index (κ3) is 5.61.